The molecule has 0 aromatic rings. The van der Waals surface area contributed by atoms with Crippen LogP contribution in [0.5, 0.6) is 0 Å². The third-order valence-corrected chi connectivity index (χ3v) is 10.5. The summed E-state index contributed by atoms with van der Waals surface area (Å²) in [6, 6.07) is 0.456. The smallest absolute Gasteiger partial charge is 0.195 e. The molecule has 3 heterocycles. The summed E-state index contributed by atoms with van der Waals surface area (Å²) in [5, 5.41) is 20.3. The van der Waals surface area contributed by atoms with Crippen LogP contribution in [0.3, 0.4) is 0 Å². The number of halogens is 2. The number of alkyl halides is 2. The Labute approximate surface area is 222 Å². The summed E-state index contributed by atoms with van der Waals surface area (Å²) in [6.07, 6.45) is 7.05. The van der Waals surface area contributed by atoms with E-state index in [9.17, 15) is 4.39 Å². The van der Waals surface area contributed by atoms with Crippen LogP contribution in [-0.4, -0.2) is 90.1 Å². The van der Waals surface area contributed by atoms with Gasteiger partial charge in [-0.15, -0.1) is 11.6 Å². The number of hydrogen-bond donors (Lipinski definition) is 4. The van der Waals surface area contributed by atoms with Crippen molar-refractivity contribution in [1.82, 2.24) is 30.7 Å². The molecule has 0 amide bonds. The Kier molecular flexibility index (Phi) is 8.10. The van der Waals surface area contributed by atoms with E-state index in [0.717, 1.165) is 19.5 Å². The van der Waals surface area contributed by atoms with Gasteiger partial charge < -0.3 is 9.80 Å². The molecule has 5 rings (SSSR count). The number of guanidine groups is 1. The van der Waals surface area contributed by atoms with Crippen LogP contribution in [-0.2, 0) is 0 Å². The molecule has 4 N–H and O–H groups in total. The van der Waals surface area contributed by atoms with Crippen LogP contribution in [0.1, 0.15) is 65.7 Å². The average Bonchev–Trinajstić information content (AvgIpc) is 3.30. The quantitative estimate of drug-likeness (QED) is 0.326. The minimum absolute atomic E-state index is 0.0586. The summed E-state index contributed by atoms with van der Waals surface area (Å²) in [5.41, 5.74) is 0.0586. The highest BCUT2D eigenvalue weighted by atomic mass is 35.5. The summed E-state index contributed by atoms with van der Waals surface area (Å²) in [5.74, 6) is 3.25. The molecule has 36 heavy (non-hydrogen) atoms. The van der Waals surface area contributed by atoms with Gasteiger partial charge in [0.1, 0.15) is 12.3 Å². The molecule has 206 valence electrons. The fourth-order valence-corrected chi connectivity index (χ4v) is 8.66. The second-order valence-corrected chi connectivity index (χ2v) is 13.4. The highest BCUT2D eigenvalue weighted by Crippen LogP contribution is 2.40. The summed E-state index contributed by atoms with van der Waals surface area (Å²) in [6.45, 7) is 8.67. The number of hydrogen-bond acceptors (Lipinski definition) is 5. The van der Waals surface area contributed by atoms with Gasteiger partial charge in [-0.2, -0.15) is 0 Å². The van der Waals surface area contributed by atoms with Crippen molar-refractivity contribution < 1.29 is 4.39 Å². The molecule has 0 bridgehead atoms. The van der Waals surface area contributed by atoms with Gasteiger partial charge in [-0.25, -0.2) is 4.39 Å². The van der Waals surface area contributed by atoms with Crippen molar-refractivity contribution in [3.8, 4) is 0 Å². The van der Waals surface area contributed by atoms with Crippen LogP contribution in [0.2, 0.25) is 0 Å². The Morgan fingerprint density at radius 1 is 1.03 bits per heavy atom. The third kappa shape index (κ3) is 5.14. The fourth-order valence-electron chi connectivity index (χ4n) is 8.31. The van der Waals surface area contributed by atoms with Gasteiger partial charge in [0.2, 0.25) is 0 Å². The maximum atomic E-state index is 14.6. The van der Waals surface area contributed by atoms with Crippen molar-refractivity contribution in [2.24, 2.45) is 29.6 Å². The zero-order valence-corrected chi connectivity index (χ0v) is 23.6. The van der Waals surface area contributed by atoms with Crippen molar-refractivity contribution in [2.45, 2.75) is 108 Å². The zero-order chi connectivity index (χ0) is 25.7. The molecule has 3 aliphatic heterocycles. The van der Waals surface area contributed by atoms with Crippen LogP contribution in [0.4, 0.5) is 4.39 Å². The van der Waals surface area contributed by atoms with E-state index in [0.29, 0.717) is 48.6 Å². The Hall–Kier alpha value is -0.670. The number of rotatable bonds is 5. The highest BCUT2D eigenvalue weighted by molar-refractivity contribution is 6.20. The minimum Gasteiger partial charge on any atom is -0.338 e. The second-order valence-electron chi connectivity index (χ2n) is 12.9. The predicted molar refractivity (Wildman–Crippen MR) is 145 cm³/mol. The van der Waals surface area contributed by atoms with Gasteiger partial charge in [-0.3, -0.25) is 26.3 Å². The molecular formula is C27H49ClFN7. The van der Waals surface area contributed by atoms with Gasteiger partial charge in [0.05, 0.1) is 23.9 Å². The fraction of sp³-hybridized carbons (Fsp3) is 0.963. The molecule has 0 aromatic heterocycles. The van der Waals surface area contributed by atoms with E-state index in [-0.39, 0.29) is 35.8 Å². The summed E-state index contributed by atoms with van der Waals surface area (Å²) in [4.78, 5) is 6.85. The van der Waals surface area contributed by atoms with E-state index >= 15 is 0 Å². The molecule has 9 unspecified atom stereocenters. The van der Waals surface area contributed by atoms with Crippen molar-refractivity contribution in [1.29, 1.82) is 5.41 Å². The lowest BCUT2D eigenvalue weighted by atomic mass is 9.71. The van der Waals surface area contributed by atoms with Gasteiger partial charge in [-0.05, 0) is 88.5 Å². The minimum atomic E-state index is -0.694. The summed E-state index contributed by atoms with van der Waals surface area (Å²) in [7, 11) is 4.24. The SMILES string of the molecule is CC(C)C1CCC(F)CC1C1NC(C)C2C(N1)N(CC1CCC(C3NC(Cl)CN3C)CC1)C(=N)N2C. The first-order valence-corrected chi connectivity index (χ1v) is 14.9. The standard InChI is InChI=1S/C27H49ClFN7/c1-15(2)20-11-10-19(29)12-21(20)24-31-16(3)23-26(33-24)36(27(30)35(23)5)13-17-6-8-18(9-7-17)25-32-22(28)14-34(25)4/h15-26,30-33H,6-14H2,1-5H3. The normalized spacial score (nSPS) is 46.6. The summed E-state index contributed by atoms with van der Waals surface area (Å²) >= 11 is 6.35. The van der Waals surface area contributed by atoms with E-state index < -0.39 is 6.17 Å². The van der Waals surface area contributed by atoms with Crippen LogP contribution >= 0.6 is 11.6 Å². The van der Waals surface area contributed by atoms with Gasteiger partial charge in [0, 0.05) is 26.2 Å². The third-order valence-electron chi connectivity index (χ3n) is 10.3. The molecule has 5 fully saturated rings. The highest BCUT2D eigenvalue weighted by Gasteiger charge is 2.51. The number of nitrogens with zero attached hydrogens (tertiary/aromatic N) is 3. The van der Waals surface area contributed by atoms with Crippen molar-refractivity contribution in [3.05, 3.63) is 0 Å². The van der Waals surface area contributed by atoms with E-state index in [2.05, 4.69) is 65.5 Å². The van der Waals surface area contributed by atoms with Crippen LogP contribution in [0, 0.1) is 35.0 Å². The van der Waals surface area contributed by atoms with E-state index in [4.69, 9.17) is 17.0 Å². The molecule has 0 spiro atoms. The van der Waals surface area contributed by atoms with Crippen molar-refractivity contribution in [2.75, 3.05) is 27.2 Å². The lowest BCUT2D eigenvalue weighted by Crippen LogP contribution is -2.71. The molecule has 0 aromatic carbocycles. The Morgan fingerprint density at radius 3 is 2.39 bits per heavy atom. The van der Waals surface area contributed by atoms with Crippen LogP contribution in [0.25, 0.3) is 0 Å². The Bertz CT molecular complexity index is 777. The topological polar surface area (TPSA) is 69.7 Å². The molecule has 9 atom stereocenters. The molecule has 2 aliphatic carbocycles. The lowest BCUT2D eigenvalue weighted by molar-refractivity contribution is 0.0220. The van der Waals surface area contributed by atoms with E-state index in [1.807, 2.05) is 0 Å². The van der Waals surface area contributed by atoms with Crippen LogP contribution in [0.15, 0.2) is 0 Å². The number of fused-ring (bicyclic) bond motifs is 1. The van der Waals surface area contributed by atoms with E-state index in [1.54, 1.807) is 0 Å². The first-order chi connectivity index (χ1) is 17.1. The number of likely N-dealkylation sites (N-methyl/N-ethyl adjacent to an activating group) is 2. The largest absolute Gasteiger partial charge is 0.338 e. The average molecular weight is 526 g/mol. The lowest BCUT2D eigenvalue weighted by Gasteiger charge is -2.49. The van der Waals surface area contributed by atoms with Gasteiger partial charge in [0.25, 0.3) is 0 Å². The molecule has 9 heteroatoms. The maximum absolute atomic E-state index is 14.6. The van der Waals surface area contributed by atoms with Crippen LogP contribution < -0.4 is 16.0 Å². The monoisotopic (exact) mass is 525 g/mol. The second kappa shape index (κ2) is 10.8. The molecule has 2 saturated carbocycles. The molecule has 7 nitrogen and oxygen atoms in total. The van der Waals surface area contributed by atoms with Crippen molar-refractivity contribution in [3.63, 3.8) is 0 Å². The molecule has 3 saturated heterocycles. The maximum Gasteiger partial charge on any atom is 0.195 e. The number of nitrogens with one attached hydrogen (secondary N) is 4. The van der Waals surface area contributed by atoms with Gasteiger partial charge >= 0.3 is 0 Å². The predicted octanol–water partition coefficient (Wildman–Crippen LogP) is 3.41. The Morgan fingerprint density at radius 2 is 1.75 bits per heavy atom. The van der Waals surface area contributed by atoms with E-state index in [1.165, 1.54) is 25.7 Å². The molecule has 5 aliphatic rings. The zero-order valence-electron chi connectivity index (χ0n) is 22.9. The molecular weight excluding hydrogens is 477 g/mol. The first-order valence-electron chi connectivity index (χ1n) is 14.5. The first kappa shape index (κ1) is 26.9. The van der Waals surface area contributed by atoms with Gasteiger partial charge in [-0.1, -0.05) is 13.8 Å². The molecule has 0 radical (unpaired) electrons. The Balaban J connectivity index is 1.25. The van der Waals surface area contributed by atoms with Gasteiger partial charge in [0.15, 0.2) is 5.96 Å². The van der Waals surface area contributed by atoms with Crippen molar-refractivity contribution >= 4 is 17.6 Å². The summed E-state index contributed by atoms with van der Waals surface area (Å²) < 4.78 is 14.6.